The molecule has 2 nitrogen and oxygen atoms in total. The molecule has 2 rings (SSSR count). The fourth-order valence-corrected chi connectivity index (χ4v) is 2.03. The van der Waals surface area contributed by atoms with E-state index in [9.17, 15) is 0 Å². The summed E-state index contributed by atoms with van der Waals surface area (Å²) in [5, 5.41) is 0. The molecule has 2 heteroatoms. The molecule has 0 bridgehead atoms. The molecule has 1 aromatic rings. The smallest absolute Gasteiger partial charge is 0.109 e. The topological polar surface area (TPSA) is 28.7 Å². The Balaban J connectivity index is 1.99. The lowest BCUT2D eigenvalue weighted by Gasteiger charge is -2.24. The first-order valence-electron chi connectivity index (χ1n) is 4.85. The summed E-state index contributed by atoms with van der Waals surface area (Å²) in [6.07, 6.45) is 9.14. The number of aromatic nitrogens is 2. The number of hydrogen-bond donors (Lipinski definition) is 1. The first-order valence-corrected chi connectivity index (χ1v) is 4.85. The van der Waals surface area contributed by atoms with Gasteiger partial charge in [0.2, 0.25) is 0 Å². The molecule has 1 fully saturated rings. The van der Waals surface area contributed by atoms with Crippen LogP contribution in [0.3, 0.4) is 0 Å². The number of rotatable bonds is 1. The Morgan fingerprint density at radius 1 is 1.33 bits per heavy atom. The third kappa shape index (κ3) is 1.52. The van der Waals surface area contributed by atoms with Gasteiger partial charge in [-0.3, -0.25) is 0 Å². The van der Waals surface area contributed by atoms with Gasteiger partial charge < -0.3 is 4.98 Å². The van der Waals surface area contributed by atoms with Crippen LogP contribution in [-0.2, 0) is 0 Å². The third-order valence-electron chi connectivity index (χ3n) is 2.92. The third-order valence-corrected chi connectivity index (χ3v) is 2.92. The Hall–Kier alpha value is -0.790. The van der Waals surface area contributed by atoms with Crippen LogP contribution in [0.1, 0.15) is 44.3 Å². The second-order valence-electron chi connectivity index (χ2n) is 3.93. The van der Waals surface area contributed by atoms with Crippen LogP contribution < -0.4 is 0 Å². The van der Waals surface area contributed by atoms with Crippen molar-refractivity contribution in [3.8, 4) is 0 Å². The van der Waals surface area contributed by atoms with Crippen molar-refractivity contribution in [2.45, 2.75) is 38.5 Å². The van der Waals surface area contributed by atoms with Crippen LogP contribution in [-0.4, -0.2) is 9.97 Å². The predicted molar refractivity (Wildman–Crippen MR) is 49.0 cm³/mol. The number of nitrogens with one attached hydrogen (secondary N) is 1. The van der Waals surface area contributed by atoms with Gasteiger partial charge in [-0.1, -0.05) is 19.8 Å². The molecule has 0 atom stereocenters. The molecule has 1 aliphatic carbocycles. The minimum absolute atomic E-state index is 0.705. The maximum absolute atomic E-state index is 4.31. The molecular weight excluding hydrogens is 148 g/mol. The molecule has 0 saturated heterocycles. The minimum Gasteiger partial charge on any atom is -0.348 e. The van der Waals surface area contributed by atoms with Gasteiger partial charge in [0, 0.05) is 18.3 Å². The van der Waals surface area contributed by atoms with Gasteiger partial charge >= 0.3 is 0 Å². The highest BCUT2D eigenvalue weighted by atomic mass is 14.9. The zero-order valence-electron chi connectivity index (χ0n) is 7.59. The first kappa shape index (κ1) is 7.84. The van der Waals surface area contributed by atoms with E-state index in [2.05, 4.69) is 16.9 Å². The zero-order chi connectivity index (χ0) is 8.39. The molecule has 1 N–H and O–H groups in total. The Bertz CT molecular complexity index is 220. The molecule has 0 aliphatic heterocycles. The van der Waals surface area contributed by atoms with Crippen molar-refractivity contribution in [2.75, 3.05) is 0 Å². The van der Waals surface area contributed by atoms with Crippen LogP contribution in [0.4, 0.5) is 0 Å². The fourth-order valence-electron chi connectivity index (χ4n) is 2.03. The van der Waals surface area contributed by atoms with E-state index in [1.165, 1.54) is 31.5 Å². The number of aromatic amines is 1. The first-order chi connectivity index (χ1) is 5.86. The van der Waals surface area contributed by atoms with Crippen molar-refractivity contribution in [1.82, 2.24) is 9.97 Å². The molecule has 1 aliphatic rings. The van der Waals surface area contributed by atoms with Gasteiger partial charge in [-0.2, -0.15) is 0 Å². The van der Waals surface area contributed by atoms with Gasteiger partial charge in [-0.25, -0.2) is 4.98 Å². The Kier molecular flexibility index (Phi) is 2.15. The SMILES string of the molecule is CC1CCC(c2ncc[nH]2)CC1. The number of imidazole rings is 1. The number of nitrogens with zero attached hydrogens (tertiary/aromatic N) is 1. The quantitative estimate of drug-likeness (QED) is 0.679. The number of H-pyrrole nitrogens is 1. The summed E-state index contributed by atoms with van der Waals surface area (Å²) < 4.78 is 0. The lowest BCUT2D eigenvalue weighted by atomic mass is 9.83. The average molecular weight is 164 g/mol. The molecule has 66 valence electrons. The van der Waals surface area contributed by atoms with Crippen LogP contribution in [0.5, 0.6) is 0 Å². The van der Waals surface area contributed by atoms with E-state index in [4.69, 9.17) is 0 Å². The maximum Gasteiger partial charge on any atom is 0.109 e. The van der Waals surface area contributed by atoms with E-state index < -0.39 is 0 Å². The molecule has 1 heterocycles. The van der Waals surface area contributed by atoms with E-state index in [0.717, 1.165) is 5.92 Å². The Labute approximate surface area is 73.4 Å². The van der Waals surface area contributed by atoms with E-state index in [1.807, 2.05) is 12.4 Å². The van der Waals surface area contributed by atoms with E-state index in [0.29, 0.717) is 5.92 Å². The average Bonchev–Trinajstić information content (AvgIpc) is 2.58. The van der Waals surface area contributed by atoms with E-state index in [1.54, 1.807) is 0 Å². The molecular formula is C10H16N2. The van der Waals surface area contributed by atoms with E-state index >= 15 is 0 Å². The highest BCUT2D eigenvalue weighted by Gasteiger charge is 2.20. The van der Waals surface area contributed by atoms with Gasteiger partial charge in [0.1, 0.15) is 5.82 Å². The summed E-state index contributed by atoms with van der Waals surface area (Å²) in [5.74, 6) is 2.83. The normalized spacial score (nSPS) is 30.4. The van der Waals surface area contributed by atoms with Gasteiger partial charge in [0.25, 0.3) is 0 Å². The lowest BCUT2D eigenvalue weighted by Crippen LogP contribution is -2.11. The Morgan fingerprint density at radius 3 is 2.67 bits per heavy atom. The van der Waals surface area contributed by atoms with Crippen LogP contribution in [0.2, 0.25) is 0 Å². The van der Waals surface area contributed by atoms with Crippen LogP contribution >= 0.6 is 0 Å². The van der Waals surface area contributed by atoms with Gasteiger partial charge in [0.05, 0.1) is 0 Å². The summed E-state index contributed by atoms with van der Waals surface area (Å²) in [5.41, 5.74) is 0. The molecule has 0 radical (unpaired) electrons. The van der Waals surface area contributed by atoms with Crippen molar-refractivity contribution in [3.63, 3.8) is 0 Å². The summed E-state index contributed by atoms with van der Waals surface area (Å²) in [7, 11) is 0. The molecule has 0 unspecified atom stereocenters. The van der Waals surface area contributed by atoms with Crippen molar-refractivity contribution < 1.29 is 0 Å². The van der Waals surface area contributed by atoms with Crippen LogP contribution in [0.25, 0.3) is 0 Å². The summed E-state index contributed by atoms with van der Waals surface area (Å²) in [6.45, 7) is 2.35. The van der Waals surface area contributed by atoms with Crippen molar-refractivity contribution >= 4 is 0 Å². The predicted octanol–water partition coefficient (Wildman–Crippen LogP) is 2.70. The largest absolute Gasteiger partial charge is 0.348 e. The Morgan fingerprint density at radius 2 is 2.08 bits per heavy atom. The molecule has 0 amide bonds. The number of hydrogen-bond acceptors (Lipinski definition) is 1. The van der Waals surface area contributed by atoms with Crippen LogP contribution in [0, 0.1) is 5.92 Å². The monoisotopic (exact) mass is 164 g/mol. The molecule has 1 aromatic heterocycles. The van der Waals surface area contributed by atoms with Crippen LogP contribution in [0.15, 0.2) is 12.4 Å². The molecule has 12 heavy (non-hydrogen) atoms. The molecule has 1 saturated carbocycles. The highest BCUT2D eigenvalue weighted by molar-refractivity contribution is 4.98. The van der Waals surface area contributed by atoms with Gasteiger partial charge in [-0.15, -0.1) is 0 Å². The van der Waals surface area contributed by atoms with Crippen molar-refractivity contribution in [3.05, 3.63) is 18.2 Å². The maximum atomic E-state index is 4.31. The minimum atomic E-state index is 0.705. The standard InChI is InChI=1S/C10H16N2/c1-8-2-4-9(5-3-8)10-11-6-7-12-10/h6-9H,2-5H2,1H3,(H,11,12). The summed E-state index contributed by atoms with van der Waals surface area (Å²) in [4.78, 5) is 7.52. The fraction of sp³-hybridized carbons (Fsp3) is 0.700. The van der Waals surface area contributed by atoms with E-state index in [-0.39, 0.29) is 0 Å². The second-order valence-corrected chi connectivity index (χ2v) is 3.93. The van der Waals surface area contributed by atoms with Gasteiger partial charge in [0.15, 0.2) is 0 Å². The lowest BCUT2D eigenvalue weighted by molar-refractivity contribution is 0.341. The molecule has 0 aromatic carbocycles. The molecule has 0 spiro atoms. The zero-order valence-corrected chi connectivity index (χ0v) is 7.59. The highest BCUT2D eigenvalue weighted by Crippen LogP contribution is 2.33. The second kappa shape index (κ2) is 3.30. The van der Waals surface area contributed by atoms with Crippen molar-refractivity contribution in [1.29, 1.82) is 0 Å². The summed E-state index contributed by atoms with van der Waals surface area (Å²) in [6, 6.07) is 0. The van der Waals surface area contributed by atoms with Crippen molar-refractivity contribution in [2.24, 2.45) is 5.92 Å². The summed E-state index contributed by atoms with van der Waals surface area (Å²) >= 11 is 0. The van der Waals surface area contributed by atoms with Gasteiger partial charge in [-0.05, 0) is 18.8 Å².